The van der Waals surface area contributed by atoms with Gasteiger partial charge in [-0.25, -0.2) is 4.98 Å². The molecule has 2 saturated heterocycles. The summed E-state index contributed by atoms with van der Waals surface area (Å²) in [4.78, 5) is 15.8. The maximum atomic E-state index is 9.55. The van der Waals surface area contributed by atoms with Crippen LogP contribution in [0.25, 0.3) is 21.6 Å². The molecular weight excluding hydrogens is 532 g/mol. The van der Waals surface area contributed by atoms with Crippen molar-refractivity contribution in [2.75, 3.05) is 12.3 Å². The highest BCUT2D eigenvalue weighted by Gasteiger charge is 2.61. The maximum absolute atomic E-state index is 9.55. The lowest BCUT2D eigenvalue weighted by Crippen LogP contribution is -2.65. The standard InChI is InChI=1S/C22H37ClN8O4Si2/c1-11(2)36(12(3)4)32-9-15-18(34-37(35-36,13(5)6)14(7)8)16(29-30-25)21(33-15)31-10-26-17-19(24)27-22(23)28-20(17)31/h10-16,18,21H,9H2,1-8H3,(H2,24,27,28)/t15-,16-,18-,21-/m1/s1. The Kier molecular flexibility index (Phi) is 7.95. The summed E-state index contributed by atoms with van der Waals surface area (Å²) in [5, 5.41) is 4.14. The minimum absolute atomic E-state index is 0.0141. The van der Waals surface area contributed by atoms with Crippen LogP contribution in [0, 0.1) is 0 Å². The van der Waals surface area contributed by atoms with E-state index < -0.39 is 41.6 Å². The van der Waals surface area contributed by atoms with Crippen LogP contribution >= 0.6 is 11.6 Å². The summed E-state index contributed by atoms with van der Waals surface area (Å²) in [6.07, 6.45) is -0.298. The van der Waals surface area contributed by atoms with Crippen LogP contribution in [0.15, 0.2) is 11.4 Å². The van der Waals surface area contributed by atoms with Crippen LogP contribution < -0.4 is 5.73 Å². The topological polar surface area (TPSA) is 155 Å². The molecule has 4 atom stereocenters. The second-order valence-electron chi connectivity index (χ2n) is 11.0. The summed E-state index contributed by atoms with van der Waals surface area (Å²) in [5.74, 6) is 0.154. The predicted octanol–water partition coefficient (Wildman–Crippen LogP) is 5.59. The van der Waals surface area contributed by atoms with Gasteiger partial charge in [-0.05, 0) is 39.3 Å². The Morgan fingerprint density at radius 3 is 2.27 bits per heavy atom. The lowest BCUT2D eigenvalue weighted by atomic mass is 10.1. The minimum Gasteiger partial charge on any atom is -0.414 e. The summed E-state index contributed by atoms with van der Waals surface area (Å²) in [5.41, 5.74) is 17.0. The first-order valence-electron chi connectivity index (χ1n) is 12.7. The zero-order chi connectivity index (χ0) is 27.3. The van der Waals surface area contributed by atoms with E-state index >= 15 is 0 Å². The van der Waals surface area contributed by atoms with Gasteiger partial charge in [0.1, 0.15) is 23.9 Å². The number of anilines is 1. The van der Waals surface area contributed by atoms with Gasteiger partial charge in [0.15, 0.2) is 11.5 Å². The van der Waals surface area contributed by atoms with Gasteiger partial charge >= 0.3 is 17.1 Å². The molecule has 0 aliphatic carbocycles. The zero-order valence-corrected chi connectivity index (χ0v) is 25.4. The van der Waals surface area contributed by atoms with Crippen molar-refractivity contribution in [3.63, 3.8) is 0 Å². The second-order valence-corrected chi connectivity index (χ2v) is 20.2. The molecule has 15 heteroatoms. The highest BCUT2D eigenvalue weighted by atomic mass is 35.5. The van der Waals surface area contributed by atoms with E-state index in [1.54, 1.807) is 10.9 Å². The first kappa shape index (κ1) is 28.2. The van der Waals surface area contributed by atoms with Gasteiger partial charge in [0, 0.05) is 4.91 Å². The number of ether oxygens (including phenoxy) is 1. The molecule has 0 unspecified atom stereocenters. The summed E-state index contributed by atoms with van der Waals surface area (Å²) in [6.45, 7) is 17.5. The number of nitrogen functional groups attached to an aromatic ring is 1. The number of rotatable bonds is 6. The maximum Gasteiger partial charge on any atom is 0.335 e. The van der Waals surface area contributed by atoms with Gasteiger partial charge in [0.05, 0.1) is 19.0 Å². The van der Waals surface area contributed by atoms with Crippen LogP contribution in [-0.2, 0) is 17.7 Å². The van der Waals surface area contributed by atoms with Gasteiger partial charge in [0.2, 0.25) is 5.28 Å². The van der Waals surface area contributed by atoms with Crippen LogP contribution in [0.3, 0.4) is 0 Å². The molecule has 12 nitrogen and oxygen atoms in total. The molecule has 2 aliphatic rings. The molecule has 37 heavy (non-hydrogen) atoms. The Morgan fingerprint density at radius 1 is 1.08 bits per heavy atom. The lowest BCUT2D eigenvalue weighted by molar-refractivity contribution is -0.0546. The van der Waals surface area contributed by atoms with Crippen LogP contribution in [0.1, 0.15) is 61.6 Å². The molecule has 2 aromatic heterocycles. The number of nitrogens with two attached hydrogens (primary N) is 1. The molecule has 0 amide bonds. The molecule has 0 aromatic carbocycles. The molecular formula is C22H37ClN8O4Si2. The Bertz CT molecular complexity index is 1170. The Balaban J connectivity index is 1.85. The van der Waals surface area contributed by atoms with E-state index in [0.29, 0.717) is 11.2 Å². The molecule has 4 heterocycles. The van der Waals surface area contributed by atoms with Crippen molar-refractivity contribution in [1.29, 1.82) is 0 Å². The summed E-state index contributed by atoms with van der Waals surface area (Å²) >= 11 is 6.10. The third kappa shape index (κ3) is 4.67. The van der Waals surface area contributed by atoms with Crippen LogP contribution in [0.4, 0.5) is 5.82 Å². The van der Waals surface area contributed by atoms with Crippen molar-refractivity contribution < 1.29 is 17.7 Å². The van der Waals surface area contributed by atoms with Gasteiger partial charge in [-0.15, -0.1) is 0 Å². The molecule has 2 N–H and O–H groups in total. The SMILES string of the molecule is CC(C)[Si]1(C(C)C)OC[C@H]2O[C@@H](n3cnc4c(N)nc(Cl)nc43)[C@H](N=[N+]=[N-])[C@@H]2O[Si](C(C)C)(C(C)C)O1. The first-order chi connectivity index (χ1) is 17.4. The molecule has 0 bridgehead atoms. The smallest absolute Gasteiger partial charge is 0.335 e. The van der Waals surface area contributed by atoms with Crippen LogP contribution in [-0.4, -0.2) is 61.5 Å². The van der Waals surface area contributed by atoms with Crippen molar-refractivity contribution in [1.82, 2.24) is 19.5 Å². The van der Waals surface area contributed by atoms with Gasteiger partial charge in [-0.2, -0.15) is 9.97 Å². The van der Waals surface area contributed by atoms with E-state index in [-0.39, 0.29) is 39.9 Å². The third-order valence-corrected chi connectivity index (χ3v) is 17.9. The predicted molar refractivity (Wildman–Crippen MR) is 145 cm³/mol. The minimum atomic E-state index is -2.94. The Labute approximate surface area is 224 Å². The van der Waals surface area contributed by atoms with Crippen molar-refractivity contribution in [2.45, 2.75) is 102 Å². The number of hydrogen-bond donors (Lipinski definition) is 1. The van der Waals surface area contributed by atoms with E-state index in [9.17, 15) is 5.53 Å². The number of halogens is 1. The van der Waals surface area contributed by atoms with Gasteiger partial charge in [-0.3, -0.25) is 4.57 Å². The summed E-state index contributed by atoms with van der Waals surface area (Å²) in [7, 11) is -5.69. The van der Waals surface area contributed by atoms with E-state index in [4.69, 9.17) is 35.0 Å². The average Bonchev–Trinajstić information content (AvgIpc) is 3.34. The van der Waals surface area contributed by atoms with Gasteiger partial charge in [0.25, 0.3) is 0 Å². The number of azide groups is 1. The van der Waals surface area contributed by atoms with Gasteiger partial charge < -0.3 is 23.4 Å². The molecule has 0 saturated carbocycles. The Morgan fingerprint density at radius 2 is 1.70 bits per heavy atom. The summed E-state index contributed by atoms with van der Waals surface area (Å²) < 4.78 is 29.4. The highest BCUT2D eigenvalue weighted by Crippen LogP contribution is 2.49. The number of hydrogen-bond acceptors (Lipinski definition) is 9. The molecule has 2 fully saturated rings. The zero-order valence-electron chi connectivity index (χ0n) is 22.6. The summed E-state index contributed by atoms with van der Waals surface area (Å²) in [6, 6.07) is -0.730. The van der Waals surface area contributed by atoms with Crippen LogP contribution in [0.2, 0.25) is 27.4 Å². The third-order valence-electron chi connectivity index (χ3n) is 7.52. The van der Waals surface area contributed by atoms with Gasteiger partial charge in [-0.1, -0.05) is 60.5 Å². The quantitative estimate of drug-likeness (QED) is 0.155. The number of fused-ring (bicyclic) bond motifs is 2. The normalized spacial score (nSPS) is 27.5. The molecule has 204 valence electrons. The number of aromatic nitrogens is 4. The molecule has 4 rings (SSSR count). The number of nitrogens with zero attached hydrogens (tertiary/aromatic N) is 7. The first-order valence-corrected chi connectivity index (χ1v) is 17.1. The van der Waals surface area contributed by atoms with Crippen molar-refractivity contribution in [3.05, 3.63) is 22.1 Å². The fraction of sp³-hybridized carbons (Fsp3) is 0.773. The van der Waals surface area contributed by atoms with Crippen molar-refractivity contribution >= 4 is 45.7 Å². The fourth-order valence-corrected chi connectivity index (χ4v) is 17.0. The second kappa shape index (κ2) is 10.4. The number of imidazole rings is 1. The van der Waals surface area contributed by atoms with Crippen molar-refractivity contribution in [3.8, 4) is 0 Å². The molecule has 2 aliphatic heterocycles. The van der Waals surface area contributed by atoms with E-state index in [0.717, 1.165) is 0 Å². The van der Waals surface area contributed by atoms with E-state index in [1.165, 1.54) is 0 Å². The largest absolute Gasteiger partial charge is 0.414 e. The van der Waals surface area contributed by atoms with E-state index in [2.05, 4.69) is 80.4 Å². The molecule has 0 radical (unpaired) electrons. The van der Waals surface area contributed by atoms with Crippen LogP contribution in [0.5, 0.6) is 0 Å². The molecule has 2 aromatic rings. The van der Waals surface area contributed by atoms with E-state index in [1.807, 2.05) is 0 Å². The average molecular weight is 569 g/mol. The monoisotopic (exact) mass is 568 g/mol. The molecule has 0 spiro atoms. The lowest BCUT2D eigenvalue weighted by Gasteiger charge is -2.51. The highest BCUT2D eigenvalue weighted by molar-refractivity contribution is 6.84. The fourth-order valence-electron chi connectivity index (χ4n) is 5.65. The van der Waals surface area contributed by atoms with Crippen molar-refractivity contribution in [2.24, 2.45) is 5.11 Å². The Hall–Kier alpha value is -1.78.